The van der Waals surface area contributed by atoms with Gasteiger partial charge in [-0.15, -0.1) is 0 Å². The van der Waals surface area contributed by atoms with Crippen LogP contribution >= 0.6 is 0 Å². The van der Waals surface area contributed by atoms with Crippen LogP contribution in [0.15, 0.2) is 48.5 Å². The van der Waals surface area contributed by atoms with Gasteiger partial charge in [0.2, 0.25) is 0 Å². The second-order valence-electron chi connectivity index (χ2n) is 5.09. The molecule has 0 spiro atoms. The van der Waals surface area contributed by atoms with Gasteiger partial charge in [0, 0.05) is 28.4 Å². The van der Waals surface area contributed by atoms with Gasteiger partial charge >= 0.3 is 0 Å². The van der Waals surface area contributed by atoms with Crippen LogP contribution in [0.4, 0.5) is 0 Å². The van der Waals surface area contributed by atoms with E-state index in [2.05, 4.69) is 4.98 Å². The van der Waals surface area contributed by atoms with E-state index in [0.29, 0.717) is 11.3 Å². The maximum atomic E-state index is 9.43. The number of phenolic OH excluding ortho intramolecular Hbond substituents is 2. The molecule has 111 valence electrons. The molecular formula is C18H19AlNO2. The molecule has 0 aliphatic heterocycles. The molecule has 0 unspecified atom stereocenters. The summed E-state index contributed by atoms with van der Waals surface area (Å²) in [5, 5.41) is 19.5. The first kappa shape index (κ1) is 18.0. The molecule has 2 N–H and O–H groups in total. The summed E-state index contributed by atoms with van der Waals surface area (Å²) in [6, 6.07) is 14.9. The van der Waals surface area contributed by atoms with Crippen molar-refractivity contribution in [1.82, 2.24) is 4.98 Å². The number of aryl methyl sites for hydroxylation is 3. The van der Waals surface area contributed by atoms with Crippen LogP contribution < -0.4 is 0 Å². The molecule has 1 heterocycles. The number of hydrogen-bond donors (Lipinski definition) is 2. The largest absolute Gasteiger partial charge is 0.508 e. The Hall–Kier alpha value is -2.02. The summed E-state index contributed by atoms with van der Waals surface area (Å²) in [7, 11) is 0. The second-order valence-corrected chi connectivity index (χ2v) is 5.09. The average Bonchev–Trinajstić information content (AvgIpc) is 2.45. The lowest BCUT2D eigenvalue weighted by Crippen LogP contribution is -1.82. The molecule has 0 fully saturated rings. The number of fused-ring (bicyclic) bond motifs is 1. The van der Waals surface area contributed by atoms with E-state index in [1.54, 1.807) is 12.1 Å². The first-order valence-corrected chi connectivity index (χ1v) is 6.79. The maximum Gasteiger partial charge on any atom is 0.141 e. The zero-order chi connectivity index (χ0) is 15.4. The average molecular weight is 308 g/mol. The number of pyridine rings is 1. The van der Waals surface area contributed by atoms with E-state index >= 15 is 0 Å². The van der Waals surface area contributed by atoms with Crippen molar-refractivity contribution >= 4 is 28.3 Å². The van der Waals surface area contributed by atoms with Gasteiger partial charge in [-0.2, -0.15) is 0 Å². The van der Waals surface area contributed by atoms with Crippen LogP contribution in [0, 0.1) is 20.8 Å². The Morgan fingerprint density at radius 3 is 2.18 bits per heavy atom. The predicted octanol–water partition coefficient (Wildman–Crippen LogP) is 3.88. The fourth-order valence-electron chi connectivity index (χ4n) is 1.95. The maximum absolute atomic E-state index is 9.43. The highest BCUT2D eigenvalue weighted by molar-refractivity contribution is 5.84. The molecule has 1 aromatic heterocycles. The fourth-order valence-corrected chi connectivity index (χ4v) is 1.95. The van der Waals surface area contributed by atoms with Gasteiger partial charge in [0.1, 0.15) is 17.0 Å². The summed E-state index contributed by atoms with van der Waals surface area (Å²) < 4.78 is 0. The number of rotatable bonds is 0. The Balaban J connectivity index is 0.000000219. The molecule has 0 amide bonds. The molecule has 0 aliphatic rings. The number of benzene rings is 2. The molecule has 0 saturated carbocycles. The number of aromatic hydroxyl groups is 2. The zero-order valence-electron chi connectivity index (χ0n) is 13.0. The van der Waals surface area contributed by atoms with Crippen LogP contribution in [0.25, 0.3) is 10.9 Å². The summed E-state index contributed by atoms with van der Waals surface area (Å²) in [6.45, 7) is 5.75. The predicted molar refractivity (Wildman–Crippen MR) is 91.5 cm³/mol. The highest BCUT2D eigenvalue weighted by Gasteiger charge is 1.99. The molecule has 0 atom stereocenters. The normalized spacial score (nSPS) is 9.59. The Morgan fingerprint density at radius 2 is 1.55 bits per heavy atom. The first-order chi connectivity index (χ1) is 9.97. The summed E-state index contributed by atoms with van der Waals surface area (Å²) in [5.74, 6) is 0.631. The smallest absolute Gasteiger partial charge is 0.141 e. The number of nitrogens with zero attached hydrogens (tertiary/aromatic N) is 1. The van der Waals surface area contributed by atoms with Gasteiger partial charge in [-0.25, -0.2) is 4.98 Å². The van der Waals surface area contributed by atoms with Crippen LogP contribution in [0.1, 0.15) is 16.8 Å². The van der Waals surface area contributed by atoms with Crippen molar-refractivity contribution in [2.75, 3.05) is 0 Å². The quantitative estimate of drug-likeness (QED) is 0.620. The topological polar surface area (TPSA) is 53.4 Å². The van der Waals surface area contributed by atoms with Crippen LogP contribution in [0.2, 0.25) is 0 Å². The third kappa shape index (κ3) is 4.49. The molecule has 0 aliphatic carbocycles. The summed E-state index contributed by atoms with van der Waals surface area (Å²) >= 11 is 0. The van der Waals surface area contributed by atoms with Crippen LogP contribution in [-0.4, -0.2) is 32.6 Å². The third-order valence-electron chi connectivity index (χ3n) is 3.20. The van der Waals surface area contributed by atoms with E-state index in [0.717, 1.165) is 22.2 Å². The van der Waals surface area contributed by atoms with Crippen molar-refractivity contribution in [2.24, 2.45) is 0 Å². The van der Waals surface area contributed by atoms with Gasteiger partial charge in [0.05, 0.1) is 0 Å². The van der Waals surface area contributed by atoms with Crippen molar-refractivity contribution in [2.45, 2.75) is 20.8 Å². The minimum Gasteiger partial charge on any atom is -0.508 e. The zero-order valence-corrected chi connectivity index (χ0v) is 14.2. The minimum atomic E-state index is 0. The Morgan fingerprint density at radius 1 is 0.818 bits per heavy atom. The highest BCUT2D eigenvalue weighted by atomic mass is 27.0. The molecule has 3 nitrogen and oxygen atoms in total. The van der Waals surface area contributed by atoms with Crippen LogP contribution in [0.3, 0.4) is 0 Å². The van der Waals surface area contributed by atoms with Crippen LogP contribution in [0.5, 0.6) is 11.5 Å². The molecule has 3 radical (unpaired) electrons. The van der Waals surface area contributed by atoms with E-state index in [1.165, 1.54) is 0 Å². The standard InChI is InChI=1S/C10H9NO.C8H10O.Al/c1-7-5-6-8-3-2-4-9(12)10(8)11-7;1-6-3-4-7(2)8(9)5-6;/h2-6,12H,1H3;3-5,9H,1-2H3;. The van der Waals surface area contributed by atoms with E-state index < -0.39 is 0 Å². The van der Waals surface area contributed by atoms with Gasteiger partial charge < -0.3 is 10.2 Å². The van der Waals surface area contributed by atoms with E-state index in [-0.39, 0.29) is 23.1 Å². The number of phenols is 2. The van der Waals surface area contributed by atoms with Gasteiger partial charge in [0.25, 0.3) is 0 Å². The van der Waals surface area contributed by atoms with Crippen molar-refractivity contribution in [1.29, 1.82) is 0 Å². The highest BCUT2D eigenvalue weighted by Crippen LogP contribution is 2.21. The minimum absolute atomic E-state index is 0. The van der Waals surface area contributed by atoms with Gasteiger partial charge in [-0.05, 0) is 50.1 Å². The van der Waals surface area contributed by atoms with Crippen molar-refractivity contribution < 1.29 is 10.2 Å². The van der Waals surface area contributed by atoms with Crippen LogP contribution in [-0.2, 0) is 0 Å². The Labute approximate surface area is 141 Å². The number of para-hydroxylation sites is 1. The molecule has 2 aromatic carbocycles. The summed E-state index contributed by atoms with van der Waals surface area (Å²) in [5.41, 5.74) is 3.63. The Bertz CT molecular complexity index is 772. The molecule has 4 heteroatoms. The lowest BCUT2D eigenvalue weighted by atomic mass is 10.1. The SMILES string of the molecule is Cc1ccc(C)c(O)c1.Cc1ccc2cccc(O)c2n1.[Al]. The molecule has 3 aromatic rings. The number of aromatic nitrogens is 1. The third-order valence-corrected chi connectivity index (χ3v) is 3.20. The lowest BCUT2D eigenvalue weighted by molar-refractivity contribution is 0.470. The van der Waals surface area contributed by atoms with Gasteiger partial charge in [-0.3, -0.25) is 0 Å². The molecule has 0 bridgehead atoms. The molecular weight excluding hydrogens is 289 g/mol. The second kappa shape index (κ2) is 7.84. The number of hydrogen-bond acceptors (Lipinski definition) is 3. The molecule has 3 rings (SSSR count). The fraction of sp³-hybridized carbons (Fsp3) is 0.167. The van der Waals surface area contributed by atoms with Crippen molar-refractivity contribution in [3.8, 4) is 11.5 Å². The summed E-state index contributed by atoms with van der Waals surface area (Å²) in [4.78, 5) is 4.23. The van der Waals surface area contributed by atoms with E-state index in [4.69, 9.17) is 5.11 Å². The van der Waals surface area contributed by atoms with Crippen molar-refractivity contribution in [3.63, 3.8) is 0 Å². The molecule has 22 heavy (non-hydrogen) atoms. The molecule has 0 saturated heterocycles. The lowest BCUT2D eigenvalue weighted by Gasteiger charge is -1.99. The summed E-state index contributed by atoms with van der Waals surface area (Å²) in [6.07, 6.45) is 0. The monoisotopic (exact) mass is 308 g/mol. The van der Waals surface area contributed by atoms with Gasteiger partial charge in [-0.1, -0.05) is 30.3 Å². The van der Waals surface area contributed by atoms with E-state index in [1.807, 2.05) is 57.2 Å². The first-order valence-electron chi connectivity index (χ1n) is 6.79. The van der Waals surface area contributed by atoms with Crippen molar-refractivity contribution in [3.05, 3.63) is 65.4 Å². The van der Waals surface area contributed by atoms with Gasteiger partial charge in [0.15, 0.2) is 0 Å². The Kier molecular flexibility index (Phi) is 6.43. The van der Waals surface area contributed by atoms with E-state index in [9.17, 15) is 5.11 Å².